The number of carbonyl (C=O) groups excluding carboxylic acids is 1. The quantitative estimate of drug-likeness (QED) is 0.838. The first-order valence-electron chi connectivity index (χ1n) is 8.86. The number of carbonyl (C=O) groups is 1. The molecule has 2 aromatic rings. The van der Waals surface area contributed by atoms with E-state index in [4.69, 9.17) is 4.74 Å². The molecule has 0 atom stereocenters. The fraction of sp³-hybridized carbons (Fsp3) is 0.421. The molecule has 1 aliphatic rings. The monoisotopic (exact) mass is 391 g/mol. The van der Waals surface area contributed by atoms with Gasteiger partial charge in [0, 0.05) is 25.0 Å². The van der Waals surface area contributed by atoms with Gasteiger partial charge in [0.15, 0.2) is 0 Å². The Morgan fingerprint density at radius 3 is 2.37 bits per heavy atom. The molecule has 1 aromatic heterocycles. The van der Waals surface area contributed by atoms with Crippen LogP contribution >= 0.6 is 0 Å². The van der Waals surface area contributed by atoms with Crippen LogP contribution in [0.25, 0.3) is 0 Å². The van der Waals surface area contributed by atoms with Gasteiger partial charge in [-0.15, -0.1) is 0 Å². The number of hydrogen-bond donors (Lipinski definition) is 2. The molecular formula is C19H25N3O4S. The number of aromatic nitrogens is 1. The van der Waals surface area contributed by atoms with Gasteiger partial charge >= 0.3 is 0 Å². The highest BCUT2D eigenvalue weighted by Crippen LogP contribution is 2.24. The molecule has 0 aliphatic carbocycles. The Balaban J connectivity index is 1.71. The predicted molar refractivity (Wildman–Crippen MR) is 103 cm³/mol. The lowest BCUT2D eigenvalue weighted by atomic mass is 9.87. The summed E-state index contributed by atoms with van der Waals surface area (Å²) in [5.41, 5.74) is 2.05. The Kier molecular flexibility index (Phi) is 5.41. The fourth-order valence-corrected chi connectivity index (χ4v) is 4.25. The van der Waals surface area contributed by atoms with E-state index in [-0.39, 0.29) is 21.9 Å². The van der Waals surface area contributed by atoms with Crippen LogP contribution in [0.15, 0.2) is 41.4 Å². The molecule has 1 fully saturated rings. The second-order valence-electron chi connectivity index (χ2n) is 7.55. The Labute approximate surface area is 159 Å². The molecule has 1 amide bonds. The topological polar surface area (TPSA) is 91.5 Å². The highest BCUT2D eigenvalue weighted by molar-refractivity contribution is 7.89. The number of H-pyrrole nitrogens is 1. The minimum absolute atomic E-state index is 0.0325. The van der Waals surface area contributed by atoms with Crippen molar-refractivity contribution in [1.82, 2.24) is 9.29 Å². The summed E-state index contributed by atoms with van der Waals surface area (Å²) in [4.78, 5) is 15.3. The summed E-state index contributed by atoms with van der Waals surface area (Å²) in [6, 6.07) is 8.99. The average Bonchev–Trinajstić information content (AvgIpc) is 3.13. The van der Waals surface area contributed by atoms with E-state index < -0.39 is 10.0 Å². The number of nitrogens with one attached hydrogen (secondary N) is 2. The van der Waals surface area contributed by atoms with Crippen molar-refractivity contribution < 1.29 is 17.9 Å². The molecule has 7 nitrogen and oxygen atoms in total. The normalized spacial score (nSPS) is 16.3. The standard InChI is InChI=1S/C19H25N3O4S/c1-19(2,3)14-4-6-15(7-5-14)21-18(23)17-12-16(13-20-17)27(24,25)22-8-10-26-11-9-22/h4-7,12-13,20H,8-11H2,1-3H3,(H,21,23). The van der Waals surface area contributed by atoms with Gasteiger partial charge in [-0.1, -0.05) is 32.9 Å². The molecule has 0 unspecified atom stereocenters. The van der Waals surface area contributed by atoms with Crippen LogP contribution in [-0.4, -0.2) is 49.9 Å². The van der Waals surface area contributed by atoms with Gasteiger partial charge in [-0.05, 0) is 29.2 Å². The van der Waals surface area contributed by atoms with Gasteiger partial charge in [0.2, 0.25) is 10.0 Å². The first-order chi connectivity index (χ1) is 12.7. The summed E-state index contributed by atoms with van der Waals surface area (Å²) >= 11 is 0. The van der Waals surface area contributed by atoms with Gasteiger partial charge in [0.1, 0.15) is 10.6 Å². The van der Waals surface area contributed by atoms with Crippen molar-refractivity contribution in [2.24, 2.45) is 0 Å². The molecule has 27 heavy (non-hydrogen) atoms. The maximum atomic E-state index is 12.6. The molecule has 8 heteroatoms. The number of anilines is 1. The number of hydrogen-bond acceptors (Lipinski definition) is 4. The van der Waals surface area contributed by atoms with Crippen LogP contribution in [0.2, 0.25) is 0 Å². The van der Waals surface area contributed by atoms with E-state index in [1.807, 2.05) is 24.3 Å². The molecule has 1 aliphatic heterocycles. The van der Waals surface area contributed by atoms with Crippen molar-refractivity contribution >= 4 is 21.6 Å². The first-order valence-corrected chi connectivity index (χ1v) is 10.3. The van der Waals surface area contributed by atoms with Crippen molar-refractivity contribution in [2.45, 2.75) is 31.1 Å². The summed E-state index contributed by atoms with van der Waals surface area (Å²) < 4.78 is 31.8. The van der Waals surface area contributed by atoms with Gasteiger partial charge < -0.3 is 15.0 Å². The highest BCUT2D eigenvalue weighted by Gasteiger charge is 2.28. The van der Waals surface area contributed by atoms with Crippen molar-refractivity contribution in [2.75, 3.05) is 31.6 Å². The molecule has 146 valence electrons. The molecule has 0 bridgehead atoms. The van der Waals surface area contributed by atoms with E-state index >= 15 is 0 Å². The third-order valence-corrected chi connectivity index (χ3v) is 6.39. The Hall–Kier alpha value is -2.16. The van der Waals surface area contributed by atoms with Crippen LogP contribution < -0.4 is 5.32 Å². The minimum Gasteiger partial charge on any atom is -0.379 e. The third-order valence-electron chi connectivity index (χ3n) is 4.52. The Bertz CT molecular complexity index is 905. The Morgan fingerprint density at radius 2 is 1.78 bits per heavy atom. The largest absolute Gasteiger partial charge is 0.379 e. The van der Waals surface area contributed by atoms with Gasteiger partial charge in [0.25, 0.3) is 5.91 Å². The number of morpholine rings is 1. The minimum atomic E-state index is -3.63. The summed E-state index contributed by atoms with van der Waals surface area (Å²) in [5.74, 6) is -0.387. The zero-order valence-electron chi connectivity index (χ0n) is 15.8. The lowest BCUT2D eigenvalue weighted by Crippen LogP contribution is -2.40. The molecule has 2 heterocycles. The van der Waals surface area contributed by atoms with Gasteiger partial charge in [-0.25, -0.2) is 8.42 Å². The van der Waals surface area contributed by atoms with Crippen LogP contribution in [0.4, 0.5) is 5.69 Å². The second-order valence-corrected chi connectivity index (χ2v) is 9.48. The fourth-order valence-electron chi connectivity index (χ4n) is 2.84. The van der Waals surface area contributed by atoms with Crippen molar-refractivity contribution in [1.29, 1.82) is 0 Å². The van der Waals surface area contributed by atoms with Gasteiger partial charge in [-0.2, -0.15) is 4.31 Å². The van der Waals surface area contributed by atoms with Crippen molar-refractivity contribution in [3.63, 3.8) is 0 Å². The molecule has 0 saturated carbocycles. The first kappa shape index (κ1) is 19.6. The number of ether oxygens (including phenoxy) is 1. The van der Waals surface area contributed by atoms with E-state index in [1.54, 1.807) is 0 Å². The summed E-state index contributed by atoms with van der Waals surface area (Å²) in [6.07, 6.45) is 1.35. The third kappa shape index (κ3) is 4.40. The maximum absolute atomic E-state index is 12.6. The zero-order valence-corrected chi connectivity index (χ0v) is 16.6. The van der Waals surface area contributed by atoms with Crippen LogP contribution in [0.5, 0.6) is 0 Å². The number of nitrogens with zero attached hydrogens (tertiary/aromatic N) is 1. The number of amides is 1. The second kappa shape index (κ2) is 7.46. The average molecular weight is 391 g/mol. The van der Waals surface area contributed by atoms with Gasteiger partial charge in [-0.3, -0.25) is 4.79 Å². The number of rotatable bonds is 4. The molecule has 0 radical (unpaired) electrons. The molecule has 3 rings (SSSR count). The van der Waals surface area contributed by atoms with Gasteiger partial charge in [0.05, 0.1) is 13.2 Å². The van der Waals surface area contributed by atoms with E-state index in [0.717, 1.165) is 0 Å². The number of benzene rings is 1. The van der Waals surface area contributed by atoms with Crippen LogP contribution in [-0.2, 0) is 20.2 Å². The van der Waals surface area contributed by atoms with E-state index in [0.29, 0.717) is 32.0 Å². The summed E-state index contributed by atoms with van der Waals surface area (Å²) in [5, 5.41) is 2.78. The molecule has 2 N–H and O–H groups in total. The van der Waals surface area contributed by atoms with Crippen molar-refractivity contribution in [3.8, 4) is 0 Å². The lowest BCUT2D eigenvalue weighted by Gasteiger charge is -2.25. The van der Waals surface area contributed by atoms with Crippen molar-refractivity contribution in [3.05, 3.63) is 47.8 Å². The van der Waals surface area contributed by atoms with Crippen LogP contribution in [0, 0.1) is 0 Å². The maximum Gasteiger partial charge on any atom is 0.272 e. The SMILES string of the molecule is CC(C)(C)c1ccc(NC(=O)c2cc(S(=O)(=O)N3CCOCC3)c[nH]2)cc1. The van der Waals surface area contributed by atoms with Crippen LogP contribution in [0.1, 0.15) is 36.8 Å². The summed E-state index contributed by atoms with van der Waals surface area (Å²) in [6.45, 7) is 7.75. The zero-order chi connectivity index (χ0) is 19.7. The highest BCUT2D eigenvalue weighted by atomic mass is 32.2. The molecule has 1 saturated heterocycles. The predicted octanol–water partition coefficient (Wildman–Crippen LogP) is 2.59. The number of sulfonamides is 1. The summed E-state index contributed by atoms with van der Waals surface area (Å²) in [7, 11) is -3.63. The molecule has 1 aromatic carbocycles. The van der Waals surface area contributed by atoms with Crippen LogP contribution in [0.3, 0.4) is 0 Å². The molecule has 0 spiro atoms. The Morgan fingerprint density at radius 1 is 1.15 bits per heavy atom. The van der Waals surface area contributed by atoms with E-state index in [2.05, 4.69) is 31.1 Å². The smallest absolute Gasteiger partial charge is 0.272 e. The van der Waals surface area contributed by atoms with E-state index in [9.17, 15) is 13.2 Å². The lowest BCUT2D eigenvalue weighted by molar-refractivity contribution is 0.0730. The molecular weight excluding hydrogens is 366 g/mol. The number of aromatic amines is 1. The van der Waals surface area contributed by atoms with E-state index in [1.165, 1.54) is 22.1 Å².